The van der Waals surface area contributed by atoms with E-state index in [-0.39, 0.29) is 18.4 Å². The number of nitrogens with one attached hydrogen (secondary N) is 3. The van der Waals surface area contributed by atoms with E-state index < -0.39 is 0 Å². The summed E-state index contributed by atoms with van der Waals surface area (Å²) in [4.78, 5) is 30.1. The Kier molecular flexibility index (Phi) is 11.0. The van der Waals surface area contributed by atoms with Crippen LogP contribution in [0.4, 0.5) is 16.5 Å². The van der Waals surface area contributed by atoms with Gasteiger partial charge in [-0.25, -0.2) is 10.4 Å². The summed E-state index contributed by atoms with van der Waals surface area (Å²) < 4.78 is 12.2. The van der Waals surface area contributed by atoms with Crippen LogP contribution in [0.3, 0.4) is 0 Å². The van der Waals surface area contributed by atoms with Crippen LogP contribution in [-0.4, -0.2) is 36.2 Å². The largest absolute Gasteiger partial charge is 0.490 e. The summed E-state index contributed by atoms with van der Waals surface area (Å²) in [5.41, 5.74) is 10.3. The number of anilines is 3. The van der Waals surface area contributed by atoms with Gasteiger partial charge in [0.15, 0.2) is 23.2 Å². The molecule has 5 aromatic rings. The lowest BCUT2D eigenvalue weighted by Crippen LogP contribution is -2.21. The lowest BCUT2D eigenvalue weighted by molar-refractivity contribution is -0.118. The highest BCUT2D eigenvalue weighted by atomic mass is 79.9. The van der Waals surface area contributed by atoms with Gasteiger partial charge >= 0.3 is 0 Å². The molecular weight excluding hydrogens is 678 g/mol. The molecular formula is C36H34BrN5O4S. The zero-order valence-corrected chi connectivity index (χ0v) is 28.8. The number of thiazole rings is 1. The van der Waals surface area contributed by atoms with E-state index in [1.54, 1.807) is 24.3 Å². The quantitative estimate of drug-likeness (QED) is 0.0885. The molecule has 0 aliphatic rings. The smallest absolute Gasteiger partial charge is 0.271 e. The van der Waals surface area contributed by atoms with Crippen molar-refractivity contribution in [3.05, 3.63) is 117 Å². The molecule has 0 unspecified atom stereocenters. The SMILES string of the molecule is CCOc1cc(/C=N/NC(=O)c2ccc(-c3csc(Nc4ccc(C)cc4)n3)cc2)cc(Br)c1OCC(=O)Nc1cc(C)ccc1C. The molecule has 3 N–H and O–H groups in total. The maximum absolute atomic E-state index is 12.8. The van der Waals surface area contributed by atoms with Crippen molar-refractivity contribution >= 4 is 61.8 Å². The van der Waals surface area contributed by atoms with E-state index in [0.29, 0.717) is 33.7 Å². The van der Waals surface area contributed by atoms with Gasteiger partial charge in [0.25, 0.3) is 11.8 Å². The number of ether oxygens (including phenoxy) is 2. The molecule has 0 saturated heterocycles. The standard InChI is InChI=1S/C36H34BrN5O4S/c1-5-45-32-18-25(17-29(37)34(32)46-20-33(43)40-30-16-23(3)6-9-24(30)4)19-38-42-35(44)27-12-10-26(11-13-27)31-21-47-36(41-31)39-28-14-7-22(2)8-15-28/h6-19,21H,5,20H2,1-4H3,(H,39,41)(H,40,43)(H,42,44)/b38-19+. The van der Waals surface area contributed by atoms with Gasteiger partial charge < -0.3 is 20.1 Å². The zero-order valence-electron chi connectivity index (χ0n) is 26.4. The second kappa shape index (κ2) is 15.5. The van der Waals surface area contributed by atoms with Crippen molar-refractivity contribution in [2.45, 2.75) is 27.7 Å². The first-order valence-corrected chi connectivity index (χ1v) is 16.5. The first-order chi connectivity index (χ1) is 22.7. The van der Waals surface area contributed by atoms with Crippen LogP contribution < -0.4 is 25.5 Å². The highest BCUT2D eigenvalue weighted by Gasteiger charge is 2.15. The highest BCUT2D eigenvalue weighted by molar-refractivity contribution is 9.10. The second-order valence-corrected chi connectivity index (χ2v) is 12.4. The van der Waals surface area contributed by atoms with Gasteiger partial charge in [-0.15, -0.1) is 11.3 Å². The Hall–Kier alpha value is -5.00. The maximum atomic E-state index is 12.8. The van der Waals surface area contributed by atoms with Crippen molar-refractivity contribution in [2.75, 3.05) is 23.8 Å². The summed E-state index contributed by atoms with van der Waals surface area (Å²) in [5.74, 6) is 0.180. The normalized spacial score (nSPS) is 10.9. The van der Waals surface area contributed by atoms with Crippen LogP contribution in [0, 0.1) is 20.8 Å². The molecule has 0 bridgehead atoms. The molecule has 0 aliphatic carbocycles. The number of hydrogen-bond acceptors (Lipinski definition) is 8. The molecule has 0 fully saturated rings. The monoisotopic (exact) mass is 711 g/mol. The van der Waals surface area contributed by atoms with Gasteiger partial charge in [0.1, 0.15) is 0 Å². The molecule has 2 amide bonds. The van der Waals surface area contributed by atoms with Crippen molar-refractivity contribution in [3.63, 3.8) is 0 Å². The van der Waals surface area contributed by atoms with Crippen LogP contribution in [0.15, 0.2) is 93.8 Å². The van der Waals surface area contributed by atoms with E-state index in [2.05, 4.69) is 42.1 Å². The van der Waals surface area contributed by atoms with Gasteiger partial charge in [0, 0.05) is 27.9 Å². The molecule has 0 atom stereocenters. The fraction of sp³-hybridized carbons (Fsp3) is 0.167. The Morgan fingerprint density at radius 1 is 0.936 bits per heavy atom. The minimum atomic E-state index is -0.355. The number of halogens is 1. The Morgan fingerprint density at radius 2 is 1.68 bits per heavy atom. The summed E-state index contributed by atoms with van der Waals surface area (Å²) in [6.45, 7) is 7.98. The minimum absolute atomic E-state index is 0.206. The van der Waals surface area contributed by atoms with Gasteiger partial charge in [-0.2, -0.15) is 5.10 Å². The maximum Gasteiger partial charge on any atom is 0.271 e. The Morgan fingerprint density at radius 3 is 2.43 bits per heavy atom. The van der Waals surface area contributed by atoms with E-state index in [1.807, 2.05) is 87.7 Å². The lowest BCUT2D eigenvalue weighted by atomic mass is 10.1. The number of rotatable bonds is 12. The number of hydrazone groups is 1. The summed E-state index contributed by atoms with van der Waals surface area (Å²) in [6.07, 6.45) is 1.51. The summed E-state index contributed by atoms with van der Waals surface area (Å²) in [5, 5.41) is 13.1. The van der Waals surface area contributed by atoms with Crippen LogP contribution in [0.2, 0.25) is 0 Å². The number of aryl methyl sites for hydroxylation is 3. The van der Waals surface area contributed by atoms with E-state index >= 15 is 0 Å². The number of hydrogen-bond donors (Lipinski definition) is 3. The summed E-state index contributed by atoms with van der Waals surface area (Å²) >= 11 is 5.03. The highest BCUT2D eigenvalue weighted by Crippen LogP contribution is 2.37. The zero-order chi connectivity index (χ0) is 33.3. The van der Waals surface area contributed by atoms with E-state index in [1.165, 1.54) is 23.1 Å². The topological polar surface area (TPSA) is 114 Å². The van der Waals surface area contributed by atoms with Crippen LogP contribution >= 0.6 is 27.3 Å². The minimum Gasteiger partial charge on any atom is -0.490 e. The molecule has 0 spiro atoms. The van der Waals surface area contributed by atoms with Crippen molar-refractivity contribution in [1.29, 1.82) is 0 Å². The molecule has 4 aromatic carbocycles. The van der Waals surface area contributed by atoms with Crippen molar-refractivity contribution < 1.29 is 19.1 Å². The lowest BCUT2D eigenvalue weighted by Gasteiger charge is -2.15. The molecule has 5 rings (SSSR count). The van der Waals surface area contributed by atoms with Crippen LogP contribution in [0.25, 0.3) is 11.3 Å². The number of amides is 2. The first-order valence-electron chi connectivity index (χ1n) is 14.9. The third kappa shape index (κ3) is 9.05. The number of nitrogens with zero attached hydrogens (tertiary/aromatic N) is 2. The average Bonchev–Trinajstić information content (AvgIpc) is 3.52. The second-order valence-electron chi connectivity index (χ2n) is 10.7. The average molecular weight is 713 g/mol. The molecule has 11 heteroatoms. The van der Waals surface area contributed by atoms with Crippen molar-refractivity contribution in [3.8, 4) is 22.8 Å². The summed E-state index contributed by atoms with van der Waals surface area (Å²) in [7, 11) is 0. The Labute approximate surface area is 286 Å². The molecule has 0 aliphatic heterocycles. The fourth-order valence-electron chi connectivity index (χ4n) is 4.51. The summed E-state index contributed by atoms with van der Waals surface area (Å²) in [6, 6.07) is 24.7. The van der Waals surface area contributed by atoms with E-state index in [0.717, 1.165) is 38.9 Å². The Bertz CT molecular complexity index is 1910. The third-order valence-electron chi connectivity index (χ3n) is 6.98. The van der Waals surface area contributed by atoms with Crippen LogP contribution in [0.5, 0.6) is 11.5 Å². The number of aromatic nitrogens is 1. The molecule has 0 radical (unpaired) electrons. The first kappa shape index (κ1) is 33.4. The molecule has 47 heavy (non-hydrogen) atoms. The van der Waals surface area contributed by atoms with E-state index in [9.17, 15) is 9.59 Å². The molecule has 0 saturated carbocycles. The van der Waals surface area contributed by atoms with Crippen molar-refractivity contribution in [1.82, 2.24) is 10.4 Å². The predicted molar refractivity (Wildman–Crippen MR) is 192 cm³/mol. The van der Waals surface area contributed by atoms with Gasteiger partial charge in [0.05, 0.1) is 23.0 Å². The fourth-order valence-corrected chi connectivity index (χ4v) is 5.82. The van der Waals surface area contributed by atoms with Gasteiger partial charge in [-0.1, -0.05) is 42.0 Å². The number of carbonyl (C=O) groups is 2. The van der Waals surface area contributed by atoms with Crippen LogP contribution in [0.1, 0.15) is 39.5 Å². The molecule has 1 heterocycles. The number of carbonyl (C=O) groups excluding carboxylic acids is 2. The van der Waals surface area contributed by atoms with Crippen LogP contribution in [-0.2, 0) is 4.79 Å². The Balaban J connectivity index is 1.17. The van der Waals surface area contributed by atoms with Gasteiger partial charge in [-0.3, -0.25) is 9.59 Å². The predicted octanol–water partition coefficient (Wildman–Crippen LogP) is 8.42. The molecule has 9 nitrogen and oxygen atoms in total. The van der Waals surface area contributed by atoms with Gasteiger partial charge in [0.2, 0.25) is 0 Å². The molecule has 1 aromatic heterocycles. The van der Waals surface area contributed by atoms with Crippen molar-refractivity contribution in [2.24, 2.45) is 5.10 Å². The van der Waals surface area contributed by atoms with E-state index in [4.69, 9.17) is 9.47 Å². The molecule has 240 valence electrons. The van der Waals surface area contributed by atoms with Gasteiger partial charge in [-0.05, 0) is 103 Å². The number of benzene rings is 4. The third-order valence-corrected chi connectivity index (χ3v) is 8.32.